The zero-order valence-electron chi connectivity index (χ0n) is 12.1. The number of aryl methyl sites for hydroxylation is 1. The van der Waals surface area contributed by atoms with Gasteiger partial charge in [-0.1, -0.05) is 36.4 Å². The SMILES string of the molecule is CCOC(=O)c1cc(CC)ccc1Sc1ccc(Cl)cc1. The van der Waals surface area contributed by atoms with Gasteiger partial charge in [0.1, 0.15) is 0 Å². The zero-order valence-corrected chi connectivity index (χ0v) is 13.6. The standard InChI is InChI=1S/C17H17ClO2S/c1-3-12-5-10-16(15(11-12)17(19)20-4-2)21-14-8-6-13(18)7-9-14/h5-11H,3-4H2,1-2H3. The van der Waals surface area contributed by atoms with Crippen molar-refractivity contribution in [3.8, 4) is 0 Å². The molecule has 0 amide bonds. The minimum atomic E-state index is -0.274. The highest BCUT2D eigenvalue weighted by Crippen LogP contribution is 2.32. The van der Waals surface area contributed by atoms with Gasteiger partial charge in [-0.05, 0) is 55.3 Å². The van der Waals surface area contributed by atoms with Gasteiger partial charge in [0.05, 0.1) is 12.2 Å². The van der Waals surface area contributed by atoms with Gasteiger partial charge in [0.15, 0.2) is 0 Å². The summed E-state index contributed by atoms with van der Waals surface area (Å²) >= 11 is 7.43. The second-order valence-electron chi connectivity index (χ2n) is 4.46. The molecule has 0 atom stereocenters. The van der Waals surface area contributed by atoms with E-state index in [1.165, 1.54) is 11.8 Å². The Morgan fingerprint density at radius 2 is 1.86 bits per heavy atom. The smallest absolute Gasteiger partial charge is 0.339 e. The van der Waals surface area contributed by atoms with Gasteiger partial charge in [0.2, 0.25) is 0 Å². The first-order chi connectivity index (χ1) is 10.1. The lowest BCUT2D eigenvalue weighted by molar-refractivity contribution is 0.0522. The largest absolute Gasteiger partial charge is 0.462 e. The van der Waals surface area contributed by atoms with E-state index in [-0.39, 0.29) is 5.97 Å². The van der Waals surface area contributed by atoms with Crippen LogP contribution in [0, 0.1) is 0 Å². The van der Waals surface area contributed by atoms with Crippen molar-refractivity contribution in [1.29, 1.82) is 0 Å². The van der Waals surface area contributed by atoms with E-state index in [0.29, 0.717) is 17.2 Å². The molecule has 2 aromatic carbocycles. The van der Waals surface area contributed by atoms with E-state index in [4.69, 9.17) is 16.3 Å². The summed E-state index contributed by atoms with van der Waals surface area (Å²) in [5.41, 5.74) is 1.75. The minimum Gasteiger partial charge on any atom is -0.462 e. The first-order valence-corrected chi connectivity index (χ1v) is 8.07. The third kappa shape index (κ3) is 4.26. The molecule has 0 spiro atoms. The molecule has 0 saturated carbocycles. The number of halogens is 1. The average Bonchev–Trinajstić information content (AvgIpc) is 2.50. The van der Waals surface area contributed by atoms with Crippen LogP contribution in [0.3, 0.4) is 0 Å². The lowest BCUT2D eigenvalue weighted by Crippen LogP contribution is -2.06. The van der Waals surface area contributed by atoms with Crippen LogP contribution in [0.25, 0.3) is 0 Å². The van der Waals surface area contributed by atoms with Gasteiger partial charge in [0, 0.05) is 14.8 Å². The van der Waals surface area contributed by atoms with Gasteiger partial charge in [-0.15, -0.1) is 0 Å². The Morgan fingerprint density at radius 1 is 1.14 bits per heavy atom. The fourth-order valence-corrected chi connectivity index (χ4v) is 2.92. The lowest BCUT2D eigenvalue weighted by atomic mass is 10.1. The first-order valence-electron chi connectivity index (χ1n) is 6.87. The van der Waals surface area contributed by atoms with Crippen molar-refractivity contribution in [2.75, 3.05) is 6.61 Å². The molecule has 0 N–H and O–H groups in total. The van der Waals surface area contributed by atoms with Gasteiger partial charge in [-0.25, -0.2) is 4.79 Å². The highest BCUT2D eigenvalue weighted by Gasteiger charge is 2.14. The molecule has 0 aliphatic rings. The third-order valence-electron chi connectivity index (χ3n) is 2.99. The topological polar surface area (TPSA) is 26.3 Å². The fraction of sp³-hybridized carbons (Fsp3) is 0.235. The van der Waals surface area contributed by atoms with E-state index in [9.17, 15) is 4.79 Å². The van der Waals surface area contributed by atoms with E-state index in [1.54, 1.807) is 0 Å². The maximum atomic E-state index is 12.1. The second kappa shape index (κ2) is 7.53. The Kier molecular flexibility index (Phi) is 5.71. The Hall–Kier alpha value is -1.45. The molecule has 2 nitrogen and oxygen atoms in total. The third-order valence-corrected chi connectivity index (χ3v) is 4.32. The summed E-state index contributed by atoms with van der Waals surface area (Å²) in [5.74, 6) is -0.274. The van der Waals surface area contributed by atoms with Gasteiger partial charge >= 0.3 is 5.97 Å². The van der Waals surface area contributed by atoms with Crippen LogP contribution < -0.4 is 0 Å². The predicted octanol–water partition coefficient (Wildman–Crippen LogP) is 5.23. The maximum absolute atomic E-state index is 12.1. The summed E-state index contributed by atoms with van der Waals surface area (Å²) in [6.07, 6.45) is 0.887. The van der Waals surface area contributed by atoms with Gasteiger partial charge < -0.3 is 4.74 Å². The minimum absolute atomic E-state index is 0.274. The van der Waals surface area contributed by atoms with Crippen molar-refractivity contribution in [1.82, 2.24) is 0 Å². The van der Waals surface area contributed by atoms with Crippen LogP contribution in [0.1, 0.15) is 29.8 Å². The maximum Gasteiger partial charge on any atom is 0.339 e. The molecule has 2 rings (SSSR count). The Morgan fingerprint density at radius 3 is 2.48 bits per heavy atom. The van der Waals surface area contributed by atoms with Crippen molar-refractivity contribution in [2.24, 2.45) is 0 Å². The number of benzene rings is 2. The molecular formula is C17H17ClO2S. The van der Waals surface area contributed by atoms with Crippen LogP contribution in [-0.2, 0) is 11.2 Å². The van der Waals surface area contributed by atoms with E-state index in [0.717, 1.165) is 21.8 Å². The Labute approximate surface area is 134 Å². The monoisotopic (exact) mass is 320 g/mol. The molecule has 0 bridgehead atoms. The number of rotatable bonds is 5. The molecule has 0 fully saturated rings. The molecule has 0 saturated heterocycles. The molecule has 0 aliphatic carbocycles. The molecule has 0 heterocycles. The molecule has 0 unspecified atom stereocenters. The average molecular weight is 321 g/mol. The van der Waals surface area contributed by atoms with Crippen LogP contribution >= 0.6 is 23.4 Å². The lowest BCUT2D eigenvalue weighted by Gasteiger charge is -2.10. The van der Waals surface area contributed by atoms with Crippen LogP contribution in [0.5, 0.6) is 0 Å². The number of esters is 1. The van der Waals surface area contributed by atoms with Crippen LogP contribution in [0.2, 0.25) is 5.02 Å². The first kappa shape index (κ1) is 15.9. The van der Waals surface area contributed by atoms with Gasteiger partial charge in [-0.2, -0.15) is 0 Å². The normalized spacial score (nSPS) is 10.4. The number of ether oxygens (including phenoxy) is 1. The quantitative estimate of drug-likeness (QED) is 0.705. The molecule has 2 aromatic rings. The van der Waals surface area contributed by atoms with Crippen molar-refractivity contribution in [2.45, 2.75) is 30.1 Å². The summed E-state index contributed by atoms with van der Waals surface area (Å²) in [6.45, 7) is 4.25. The predicted molar refractivity (Wildman–Crippen MR) is 87.4 cm³/mol. The summed E-state index contributed by atoms with van der Waals surface area (Å²) in [6, 6.07) is 13.5. The molecule has 0 aromatic heterocycles. The summed E-state index contributed by atoms with van der Waals surface area (Å²) in [7, 11) is 0. The molecule has 4 heteroatoms. The van der Waals surface area contributed by atoms with E-state index >= 15 is 0 Å². The van der Waals surface area contributed by atoms with Gasteiger partial charge in [-0.3, -0.25) is 0 Å². The van der Waals surface area contributed by atoms with Crippen LogP contribution in [0.4, 0.5) is 0 Å². The summed E-state index contributed by atoms with van der Waals surface area (Å²) in [4.78, 5) is 14.1. The molecule has 0 aliphatic heterocycles. The second-order valence-corrected chi connectivity index (χ2v) is 6.01. The van der Waals surface area contributed by atoms with Gasteiger partial charge in [0.25, 0.3) is 0 Å². The van der Waals surface area contributed by atoms with Crippen molar-refractivity contribution in [3.63, 3.8) is 0 Å². The van der Waals surface area contributed by atoms with Crippen LogP contribution in [-0.4, -0.2) is 12.6 Å². The number of carbonyl (C=O) groups is 1. The number of hydrogen-bond acceptors (Lipinski definition) is 3. The van der Waals surface area contributed by atoms with Crippen molar-refractivity contribution in [3.05, 3.63) is 58.6 Å². The van der Waals surface area contributed by atoms with Crippen molar-refractivity contribution >= 4 is 29.3 Å². The summed E-state index contributed by atoms with van der Waals surface area (Å²) < 4.78 is 5.15. The Balaban J connectivity index is 2.33. The molecule has 0 radical (unpaired) electrons. The highest BCUT2D eigenvalue weighted by molar-refractivity contribution is 7.99. The molecular weight excluding hydrogens is 304 g/mol. The van der Waals surface area contributed by atoms with E-state index < -0.39 is 0 Å². The highest BCUT2D eigenvalue weighted by atomic mass is 35.5. The zero-order chi connectivity index (χ0) is 15.2. The number of hydrogen-bond donors (Lipinski definition) is 0. The number of carbonyl (C=O) groups excluding carboxylic acids is 1. The summed E-state index contributed by atoms with van der Waals surface area (Å²) in [5, 5.41) is 0.700. The fourth-order valence-electron chi connectivity index (χ4n) is 1.88. The molecule has 21 heavy (non-hydrogen) atoms. The van der Waals surface area contributed by atoms with Crippen molar-refractivity contribution < 1.29 is 9.53 Å². The van der Waals surface area contributed by atoms with E-state index in [2.05, 4.69) is 6.92 Å². The van der Waals surface area contributed by atoms with Crippen LogP contribution in [0.15, 0.2) is 52.3 Å². The Bertz CT molecular complexity index is 623. The van der Waals surface area contributed by atoms with E-state index in [1.807, 2.05) is 49.4 Å². The molecule has 110 valence electrons.